The molecule has 114 valence electrons. The third-order valence-corrected chi connectivity index (χ3v) is 5.08. The molecule has 0 aromatic heterocycles. The van der Waals surface area contributed by atoms with E-state index >= 15 is 0 Å². The minimum Gasteiger partial charge on any atom is -0.335 e. The van der Waals surface area contributed by atoms with Gasteiger partial charge in [0.15, 0.2) is 0 Å². The van der Waals surface area contributed by atoms with Gasteiger partial charge in [0, 0.05) is 12.3 Å². The average molecular weight is 311 g/mol. The van der Waals surface area contributed by atoms with Crippen LogP contribution in [0, 0.1) is 0 Å². The minimum atomic E-state index is 0.269. The van der Waals surface area contributed by atoms with Gasteiger partial charge >= 0.3 is 0 Å². The van der Waals surface area contributed by atoms with Crippen LogP contribution in [-0.2, 0) is 10.5 Å². The fraction of sp³-hybridized carbons (Fsp3) is 0.316. The van der Waals surface area contributed by atoms with Crippen molar-refractivity contribution in [2.45, 2.75) is 24.6 Å². The number of thioether (sulfide) groups is 1. The summed E-state index contributed by atoms with van der Waals surface area (Å²) in [7, 11) is 0. The van der Waals surface area contributed by atoms with Crippen molar-refractivity contribution >= 4 is 17.7 Å². The molecular weight excluding hydrogens is 290 g/mol. The van der Waals surface area contributed by atoms with Crippen LogP contribution in [0.1, 0.15) is 30.0 Å². The Bertz CT molecular complexity index is 599. The highest BCUT2D eigenvalue weighted by Crippen LogP contribution is 2.32. The van der Waals surface area contributed by atoms with Crippen LogP contribution in [0.5, 0.6) is 0 Å². The first-order valence-corrected chi connectivity index (χ1v) is 8.96. The number of nitrogens with zero attached hydrogens (tertiary/aromatic N) is 1. The van der Waals surface area contributed by atoms with Crippen LogP contribution >= 0.6 is 11.8 Å². The van der Waals surface area contributed by atoms with E-state index in [2.05, 4.69) is 41.3 Å². The maximum absolute atomic E-state index is 12.5. The Morgan fingerprint density at radius 1 is 1.05 bits per heavy atom. The molecule has 0 N–H and O–H groups in total. The predicted octanol–water partition coefficient (Wildman–Crippen LogP) is 4.28. The summed E-state index contributed by atoms with van der Waals surface area (Å²) in [5.74, 6) is 1.74. The van der Waals surface area contributed by atoms with Gasteiger partial charge in [0.2, 0.25) is 5.91 Å². The highest BCUT2D eigenvalue weighted by Gasteiger charge is 2.29. The maximum atomic E-state index is 12.5. The number of hydrogen-bond acceptors (Lipinski definition) is 2. The first-order valence-electron chi connectivity index (χ1n) is 7.80. The Kier molecular flexibility index (Phi) is 5.17. The van der Waals surface area contributed by atoms with Gasteiger partial charge in [0.1, 0.15) is 0 Å². The number of likely N-dealkylation sites (tertiary alicyclic amines) is 1. The summed E-state index contributed by atoms with van der Waals surface area (Å²) >= 11 is 1.71. The third kappa shape index (κ3) is 3.72. The van der Waals surface area contributed by atoms with Gasteiger partial charge in [-0.05, 0) is 24.0 Å². The zero-order valence-corrected chi connectivity index (χ0v) is 13.5. The zero-order chi connectivity index (χ0) is 15.2. The normalized spacial score (nSPS) is 17.6. The van der Waals surface area contributed by atoms with Gasteiger partial charge in [-0.25, -0.2) is 0 Å². The van der Waals surface area contributed by atoms with E-state index in [0.717, 1.165) is 25.1 Å². The van der Waals surface area contributed by atoms with Crippen LogP contribution < -0.4 is 0 Å². The van der Waals surface area contributed by atoms with Gasteiger partial charge in [-0.3, -0.25) is 4.79 Å². The van der Waals surface area contributed by atoms with Crippen molar-refractivity contribution in [2.24, 2.45) is 0 Å². The Labute approximate surface area is 136 Å². The molecule has 0 bridgehead atoms. The minimum absolute atomic E-state index is 0.269. The summed E-state index contributed by atoms with van der Waals surface area (Å²) < 4.78 is 0. The summed E-state index contributed by atoms with van der Waals surface area (Å²) in [6.07, 6.45) is 2.19. The second-order valence-corrected chi connectivity index (χ2v) is 6.62. The predicted molar refractivity (Wildman–Crippen MR) is 92.7 cm³/mol. The molecule has 3 rings (SSSR count). The Hall–Kier alpha value is -1.74. The molecule has 1 aliphatic heterocycles. The molecule has 2 aromatic carbocycles. The van der Waals surface area contributed by atoms with Crippen molar-refractivity contribution < 1.29 is 4.79 Å². The Balaban J connectivity index is 1.55. The SMILES string of the molecule is O=C(CSCc1ccccc1)N1CCC[C@H]1c1ccccc1. The van der Waals surface area contributed by atoms with E-state index in [1.165, 1.54) is 11.1 Å². The van der Waals surface area contributed by atoms with E-state index in [9.17, 15) is 4.79 Å². The number of hydrogen-bond donors (Lipinski definition) is 0. The molecule has 3 heteroatoms. The van der Waals surface area contributed by atoms with E-state index in [1.54, 1.807) is 11.8 Å². The lowest BCUT2D eigenvalue weighted by atomic mass is 10.0. The molecule has 1 heterocycles. The molecule has 1 amide bonds. The van der Waals surface area contributed by atoms with Crippen LogP contribution in [0.3, 0.4) is 0 Å². The van der Waals surface area contributed by atoms with Crippen molar-refractivity contribution in [3.63, 3.8) is 0 Å². The lowest BCUT2D eigenvalue weighted by Gasteiger charge is -2.25. The Morgan fingerprint density at radius 3 is 2.45 bits per heavy atom. The summed E-state index contributed by atoms with van der Waals surface area (Å²) in [5, 5.41) is 0. The van der Waals surface area contributed by atoms with Gasteiger partial charge in [0.05, 0.1) is 11.8 Å². The molecule has 0 saturated carbocycles. The first kappa shape index (κ1) is 15.2. The van der Waals surface area contributed by atoms with Crippen molar-refractivity contribution in [2.75, 3.05) is 12.3 Å². The van der Waals surface area contributed by atoms with E-state index < -0.39 is 0 Å². The van der Waals surface area contributed by atoms with Crippen molar-refractivity contribution in [1.29, 1.82) is 0 Å². The average Bonchev–Trinajstić information content (AvgIpc) is 3.06. The lowest BCUT2D eigenvalue weighted by molar-refractivity contribution is -0.129. The van der Waals surface area contributed by atoms with E-state index in [-0.39, 0.29) is 11.9 Å². The molecule has 22 heavy (non-hydrogen) atoms. The number of amides is 1. The fourth-order valence-electron chi connectivity index (χ4n) is 3.00. The van der Waals surface area contributed by atoms with Gasteiger partial charge in [0.25, 0.3) is 0 Å². The molecule has 1 atom stereocenters. The summed E-state index contributed by atoms with van der Waals surface area (Å²) in [6.45, 7) is 0.893. The lowest BCUT2D eigenvalue weighted by Crippen LogP contribution is -2.32. The van der Waals surface area contributed by atoms with Crippen LogP contribution in [-0.4, -0.2) is 23.1 Å². The van der Waals surface area contributed by atoms with E-state index in [0.29, 0.717) is 5.75 Å². The molecule has 0 aliphatic carbocycles. The molecule has 0 unspecified atom stereocenters. The number of benzene rings is 2. The standard InChI is InChI=1S/C19H21NOS/c21-19(15-22-14-16-8-3-1-4-9-16)20-13-7-12-18(20)17-10-5-2-6-11-17/h1-6,8-11,18H,7,12-15H2/t18-/m0/s1. The summed E-state index contributed by atoms with van der Waals surface area (Å²) in [6, 6.07) is 21.0. The van der Waals surface area contributed by atoms with Gasteiger partial charge in [-0.15, -0.1) is 11.8 Å². The van der Waals surface area contributed by atoms with Crippen molar-refractivity contribution in [3.8, 4) is 0 Å². The van der Waals surface area contributed by atoms with Crippen LogP contribution in [0.25, 0.3) is 0 Å². The highest BCUT2D eigenvalue weighted by molar-refractivity contribution is 7.99. The molecule has 2 aromatic rings. The van der Waals surface area contributed by atoms with Gasteiger partial charge in [-0.2, -0.15) is 0 Å². The van der Waals surface area contributed by atoms with Crippen LogP contribution in [0.15, 0.2) is 60.7 Å². The quantitative estimate of drug-likeness (QED) is 0.821. The molecule has 1 saturated heterocycles. The van der Waals surface area contributed by atoms with Crippen molar-refractivity contribution in [3.05, 3.63) is 71.8 Å². The second kappa shape index (κ2) is 7.50. The number of carbonyl (C=O) groups excluding carboxylic acids is 1. The Morgan fingerprint density at radius 2 is 1.73 bits per heavy atom. The molecule has 1 fully saturated rings. The largest absolute Gasteiger partial charge is 0.335 e. The summed E-state index contributed by atoms with van der Waals surface area (Å²) in [5.41, 5.74) is 2.54. The van der Waals surface area contributed by atoms with E-state index in [4.69, 9.17) is 0 Å². The molecule has 2 nitrogen and oxygen atoms in total. The summed E-state index contributed by atoms with van der Waals surface area (Å²) in [4.78, 5) is 14.6. The number of carbonyl (C=O) groups is 1. The first-order chi connectivity index (χ1) is 10.8. The fourth-order valence-corrected chi connectivity index (χ4v) is 3.87. The van der Waals surface area contributed by atoms with Crippen molar-refractivity contribution in [1.82, 2.24) is 4.90 Å². The second-order valence-electron chi connectivity index (χ2n) is 5.63. The molecule has 0 spiro atoms. The smallest absolute Gasteiger partial charge is 0.233 e. The topological polar surface area (TPSA) is 20.3 Å². The maximum Gasteiger partial charge on any atom is 0.233 e. The van der Waals surface area contributed by atoms with Crippen LogP contribution in [0.2, 0.25) is 0 Å². The van der Waals surface area contributed by atoms with Gasteiger partial charge < -0.3 is 4.90 Å². The third-order valence-electron chi connectivity index (χ3n) is 4.09. The zero-order valence-electron chi connectivity index (χ0n) is 12.7. The number of rotatable bonds is 5. The molecular formula is C19H21NOS. The highest BCUT2D eigenvalue weighted by atomic mass is 32.2. The monoisotopic (exact) mass is 311 g/mol. The van der Waals surface area contributed by atoms with Crippen LogP contribution in [0.4, 0.5) is 0 Å². The van der Waals surface area contributed by atoms with E-state index in [1.807, 2.05) is 24.3 Å². The van der Waals surface area contributed by atoms with Gasteiger partial charge in [-0.1, -0.05) is 60.7 Å². The molecule has 0 radical (unpaired) electrons. The molecule has 1 aliphatic rings.